The Bertz CT molecular complexity index is 593. The Hall–Kier alpha value is -1.39. The maximum absolute atomic E-state index is 11.7. The number of fused-ring (bicyclic) bond motifs is 1. The van der Waals surface area contributed by atoms with Crippen LogP contribution in [0.4, 0.5) is 5.82 Å². The van der Waals surface area contributed by atoms with Gasteiger partial charge in [-0.15, -0.1) is 0 Å². The molecule has 0 aliphatic heterocycles. The first-order valence-corrected chi connectivity index (χ1v) is 5.74. The summed E-state index contributed by atoms with van der Waals surface area (Å²) in [7, 11) is 0. The number of ether oxygens (including phenoxy) is 1. The van der Waals surface area contributed by atoms with Gasteiger partial charge in [-0.05, 0) is 13.0 Å². The van der Waals surface area contributed by atoms with Gasteiger partial charge in [0.15, 0.2) is 0 Å². The Morgan fingerprint density at radius 1 is 1.47 bits per heavy atom. The van der Waals surface area contributed by atoms with Gasteiger partial charge in [-0.1, -0.05) is 29.3 Å². The van der Waals surface area contributed by atoms with Crippen molar-refractivity contribution in [3.05, 3.63) is 27.7 Å². The SMILES string of the molecule is CCOC(=O)c1c(N)[nH]c2c(Cl)c(Cl)ccc12. The Morgan fingerprint density at radius 2 is 2.18 bits per heavy atom. The first-order valence-electron chi connectivity index (χ1n) is 4.98. The zero-order valence-electron chi connectivity index (χ0n) is 9.01. The van der Waals surface area contributed by atoms with Gasteiger partial charge in [0.25, 0.3) is 0 Å². The fraction of sp³-hybridized carbons (Fsp3) is 0.182. The molecule has 0 saturated heterocycles. The summed E-state index contributed by atoms with van der Waals surface area (Å²) in [6.07, 6.45) is 0. The topological polar surface area (TPSA) is 68.1 Å². The van der Waals surface area contributed by atoms with Crippen LogP contribution in [0.3, 0.4) is 0 Å². The van der Waals surface area contributed by atoms with Crippen LogP contribution in [0.2, 0.25) is 10.0 Å². The van der Waals surface area contributed by atoms with E-state index in [2.05, 4.69) is 4.98 Å². The smallest absolute Gasteiger partial charge is 0.342 e. The number of esters is 1. The maximum atomic E-state index is 11.7. The van der Waals surface area contributed by atoms with Gasteiger partial charge in [0.2, 0.25) is 0 Å². The normalized spacial score (nSPS) is 10.8. The lowest BCUT2D eigenvalue weighted by Gasteiger charge is -2.01. The third-order valence-corrected chi connectivity index (χ3v) is 3.18. The molecule has 2 rings (SSSR count). The zero-order chi connectivity index (χ0) is 12.6. The minimum absolute atomic E-state index is 0.225. The first-order chi connectivity index (χ1) is 8.06. The molecule has 4 nitrogen and oxygen atoms in total. The molecule has 17 heavy (non-hydrogen) atoms. The fourth-order valence-corrected chi connectivity index (χ4v) is 2.02. The summed E-state index contributed by atoms with van der Waals surface area (Å²) < 4.78 is 4.93. The number of hydrogen-bond donors (Lipinski definition) is 2. The van der Waals surface area contributed by atoms with Crippen molar-refractivity contribution < 1.29 is 9.53 Å². The Morgan fingerprint density at radius 3 is 2.82 bits per heavy atom. The number of carbonyl (C=O) groups excluding carboxylic acids is 1. The van der Waals surface area contributed by atoms with E-state index in [1.54, 1.807) is 19.1 Å². The van der Waals surface area contributed by atoms with Crippen LogP contribution in [0, 0.1) is 0 Å². The van der Waals surface area contributed by atoms with Crippen LogP contribution in [0.25, 0.3) is 10.9 Å². The monoisotopic (exact) mass is 272 g/mol. The molecular weight excluding hydrogens is 263 g/mol. The van der Waals surface area contributed by atoms with Crippen molar-refractivity contribution in [2.24, 2.45) is 0 Å². The minimum atomic E-state index is -0.477. The van der Waals surface area contributed by atoms with Crippen molar-refractivity contribution in [2.75, 3.05) is 12.3 Å². The standard InChI is InChI=1S/C11H10Cl2N2O2/c1-2-17-11(16)7-5-3-4-6(12)8(13)9(5)15-10(7)14/h3-4,15H,2,14H2,1H3. The molecule has 90 valence electrons. The quantitative estimate of drug-likeness (QED) is 0.825. The third kappa shape index (κ3) is 1.94. The van der Waals surface area contributed by atoms with Crippen LogP contribution in [0.5, 0.6) is 0 Å². The van der Waals surface area contributed by atoms with Crippen LogP contribution in [0.15, 0.2) is 12.1 Å². The molecule has 0 aliphatic rings. The van der Waals surface area contributed by atoms with E-state index in [4.69, 9.17) is 33.7 Å². The second-order valence-electron chi connectivity index (χ2n) is 3.42. The van der Waals surface area contributed by atoms with Crippen LogP contribution in [-0.4, -0.2) is 17.6 Å². The molecule has 1 heterocycles. The number of nitrogens with one attached hydrogen (secondary N) is 1. The first kappa shape index (κ1) is 12.1. The van der Waals surface area contributed by atoms with E-state index in [9.17, 15) is 4.79 Å². The lowest BCUT2D eigenvalue weighted by molar-refractivity contribution is 0.0530. The number of benzene rings is 1. The largest absolute Gasteiger partial charge is 0.462 e. The third-order valence-electron chi connectivity index (χ3n) is 2.37. The molecule has 0 atom stereocenters. The van der Waals surface area contributed by atoms with Crippen molar-refractivity contribution in [2.45, 2.75) is 6.92 Å². The number of hydrogen-bond acceptors (Lipinski definition) is 3. The average molecular weight is 273 g/mol. The number of anilines is 1. The Balaban J connectivity index is 2.69. The predicted molar refractivity (Wildman–Crippen MR) is 68.7 cm³/mol. The van der Waals surface area contributed by atoms with Gasteiger partial charge in [-0.2, -0.15) is 0 Å². The van der Waals surface area contributed by atoms with Gasteiger partial charge in [0, 0.05) is 5.39 Å². The van der Waals surface area contributed by atoms with Gasteiger partial charge in [0.05, 0.1) is 22.2 Å². The predicted octanol–water partition coefficient (Wildman–Crippen LogP) is 3.23. The average Bonchev–Trinajstić information content (AvgIpc) is 2.61. The summed E-state index contributed by atoms with van der Waals surface area (Å²) in [4.78, 5) is 14.6. The lowest BCUT2D eigenvalue weighted by Crippen LogP contribution is -2.06. The molecule has 0 bridgehead atoms. The number of halogens is 2. The summed E-state index contributed by atoms with van der Waals surface area (Å²) >= 11 is 11.9. The molecule has 0 amide bonds. The van der Waals surface area contributed by atoms with Crippen LogP contribution in [-0.2, 0) is 4.74 Å². The number of H-pyrrole nitrogens is 1. The van der Waals surface area contributed by atoms with E-state index in [0.717, 1.165) is 0 Å². The van der Waals surface area contributed by atoms with E-state index in [-0.39, 0.29) is 12.4 Å². The molecule has 1 aromatic heterocycles. The molecule has 0 fully saturated rings. The number of aromatic nitrogens is 1. The van der Waals surface area contributed by atoms with Crippen molar-refractivity contribution >= 4 is 45.9 Å². The van der Waals surface area contributed by atoms with Crippen molar-refractivity contribution in [1.82, 2.24) is 4.98 Å². The van der Waals surface area contributed by atoms with E-state index in [1.807, 2.05) is 0 Å². The zero-order valence-corrected chi connectivity index (χ0v) is 10.5. The van der Waals surface area contributed by atoms with Crippen LogP contribution < -0.4 is 5.73 Å². The van der Waals surface area contributed by atoms with Crippen LogP contribution >= 0.6 is 23.2 Å². The van der Waals surface area contributed by atoms with E-state index < -0.39 is 5.97 Å². The highest BCUT2D eigenvalue weighted by Crippen LogP contribution is 2.34. The summed E-state index contributed by atoms with van der Waals surface area (Å²) in [5.74, 6) is -0.253. The molecular formula is C11H10Cl2N2O2. The highest BCUT2D eigenvalue weighted by atomic mass is 35.5. The highest BCUT2D eigenvalue weighted by Gasteiger charge is 2.20. The van der Waals surface area contributed by atoms with Gasteiger partial charge in [0.1, 0.15) is 11.4 Å². The highest BCUT2D eigenvalue weighted by molar-refractivity contribution is 6.45. The molecule has 0 unspecified atom stereocenters. The van der Waals surface area contributed by atoms with E-state index >= 15 is 0 Å². The van der Waals surface area contributed by atoms with Gasteiger partial charge in [-0.3, -0.25) is 0 Å². The summed E-state index contributed by atoms with van der Waals surface area (Å²) in [6, 6.07) is 3.30. The molecule has 0 saturated carbocycles. The van der Waals surface area contributed by atoms with Crippen molar-refractivity contribution in [1.29, 1.82) is 0 Å². The number of rotatable bonds is 2. The van der Waals surface area contributed by atoms with Gasteiger partial charge in [-0.25, -0.2) is 4.79 Å². The van der Waals surface area contributed by atoms with Gasteiger partial charge < -0.3 is 15.5 Å². The summed E-state index contributed by atoms with van der Waals surface area (Å²) in [5.41, 5.74) is 6.58. The molecule has 6 heteroatoms. The van der Waals surface area contributed by atoms with Crippen molar-refractivity contribution in [3.8, 4) is 0 Å². The minimum Gasteiger partial charge on any atom is -0.462 e. The second kappa shape index (κ2) is 4.47. The molecule has 0 spiro atoms. The Kier molecular flexibility index (Phi) is 3.17. The maximum Gasteiger partial charge on any atom is 0.342 e. The Labute approximate surface area is 108 Å². The number of nitrogen functional groups attached to an aromatic ring is 1. The molecule has 0 radical (unpaired) electrons. The van der Waals surface area contributed by atoms with Crippen LogP contribution in [0.1, 0.15) is 17.3 Å². The van der Waals surface area contributed by atoms with E-state index in [1.165, 1.54) is 0 Å². The summed E-state index contributed by atoms with van der Waals surface area (Å²) in [6.45, 7) is 2.01. The molecule has 1 aromatic carbocycles. The van der Waals surface area contributed by atoms with E-state index in [0.29, 0.717) is 26.5 Å². The van der Waals surface area contributed by atoms with Crippen molar-refractivity contribution in [3.63, 3.8) is 0 Å². The fourth-order valence-electron chi connectivity index (χ4n) is 1.65. The number of aromatic amines is 1. The lowest BCUT2D eigenvalue weighted by atomic mass is 10.1. The van der Waals surface area contributed by atoms with Gasteiger partial charge >= 0.3 is 5.97 Å². The molecule has 0 aliphatic carbocycles. The molecule has 3 N–H and O–H groups in total. The number of carbonyl (C=O) groups is 1. The number of nitrogens with two attached hydrogens (primary N) is 1. The second-order valence-corrected chi connectivity index (χ2v) is 4.20. The molecule has 2 aromatic rings. The summed E-state index contributed by atoms with van der Waals surface area (Å²) in [5, 5.41) is 1.34.